The van der Waals surface area contributed by atoms with Gasteiger partial charge in [0.1, 0.15) is 18.2 Å². The molecule has 1 amide bonds. The van der Waals surface area contributed by atoms with E-state index in [1.54, 1.807) is 0 Å². The van der Waals surface area contributed by atoms with E-state index in [2.05, 4.69) is 15.1 Å². The normalized spacial score (nSPS) is 18.3. The van der Waals surface area contributed by atoms with Crippen LogP contribution in [0, 0.1) is 5.82 Å². The van der Waals surface area contributed by atoms with Gasteiger partial charge >= 0.3 is 0 Å². The molecule has 184 valence electrons. The van der Waals surface area contributed by atoms with Gasteiger partial charge < -0.3 is 10.2 Å². The summed E-state index contributed by atoms with van der Waals surface area (Å²) in [5.74, 6) is -0.587. The Morgan fingerprint density at radius 1 is 1.20 bits per heavy atom. The van der Waals surface area contributed by atoms with Crippen LogP contribution in [-0.2, 0) is 11.3 Å². The molecule has 35 heavy (non-hydrogen) atoms. The SMILES string of the molecule is CC(C)NC(=O)Cn1c(-c2ccc(F)c(Cl)c2)nc2ccc(N3CCN4CCCC4C3)cc2c1=O. The van der Waals surface area contributed by atoms with Gasteiger partial charge in [-0.3, -0.25) is 19.1 Å². The summed E-state index contributed by atoms with van der Waals surface area (Å²) in [6, 6.07) is 10.4. The van der Waals surface area contributed by atoms with Crippen molar-refractivity contribution in [2.24, 2.45) is 0 Å². The highest BCUT2D eigenvalue weighted by Gasteiger charge is 2.30. The van der Waals surface area contributed by atoms with Crippen LogP contribution in [-0.4, -0.2) is 58.6 Å². The lowest BCUT2D eigenvalue weighted by atomic mass is 10.1. The van der Waals surface area contributed by atoms with E-state index in [0.717, 1.165) is 25.3 Å². The molecule has 9 heteroatoms. The quantitative estimate of drug-likeness (QED) is 0.582. The van der Waals surface area contributed by atoms with E-state index >= 15 is 0 Å². The van der Waals surface area contributed by atoms with E-state index in [-0.39, 0.29) is 34.9 Å². The average Bonchev–Trinajstić information content (AvgIpc) is 3.30. The molecule has 1 unspecified atom stereocenters. The number of hydrogen-bond acceptors (Lipinski definition) is 5. The summed E-state index contributed by atoms with van der Waals surface area (Å²) in [4.78, 5) is 36.0. The highest BCUT2D eigenvalue weighted by molar-refractivity contribution is 6.31. The zero-order valence-electron chi connectivity index (χ0n) is 19.9. The van der Waals surface area contributed by atoms with Gasteiger partial charge in [-0.05, 0) is 69.6 Å². The van der Waals surface area contributed by atoms with Gasteiger partial charge in [0.2, 0.25) is 5.91 Å². The molecule has 3 aromatic rings. The highest BCUT2D eigenvalue weighted by atomic mass is 35.5. The number of halogens is 2. The number of fused-ring (bicyclic) bond motifs is 2. The van der Waals surface area contributed by atoms with Crippen molar-refractivity contribution >= 4 is 34.1 Å². The number of carbonyl (C=O) groups excluding carboxylic acids is 1. The lowest BCUT2D eigenvalue weighted by Crippen LogP contribution is -2.50. The van der Waals surface area contributed by atoms with Crippen molar-refractivity contribution in [3.05, 3.63) is 57.6 Å². The minimum absolute atomic E-state index is 0.0727. The zero-order chi connectivity index (χ0) is 24.7. The van der Waals surface area contributed by atoms with Gasteiger partial charge in [-0.1, -0.05) is 11.6 Å². The summed E-state index contributed by atoms with van der Waals surface area (Å²) in [5, 5.41) is 3.20. The van der Waals surface area contributed by atoms with Crippen molar-refractivity contribution in [1.29, 1.82) is 0 Å². The lowest BCUT2D eigenvalue weighted by molar-refractivity contribution is -0.122. The van der Waals surface area contributed by atoms with Crippen LogP contribution in [0.1, 0.15) is 26.7 Å². The molecule has 0 saturated carbocycles. The summed E-state index contributed by atoms with van der Waals surface area (Å²) in [7, 11) is 0. The first-order valence-corrected chi connectivity index (χ1v) is 12.5. The van der Waals surface area contributed by atoms with Crippen LogP contribution < -0.4 is 15.8 Å². The third-order valence-corrected chi connectivity index (χ3v) is 7.11. The summed E-state index contributed by atoms with van der Waals surface area (Å²) >= 11 is 6.02. The van der Waals surface area contributed by atoms with E-state index in [0.29, 0.717) is 22.5 Å². The highest BCUT2D eigenvalue weighted by Crippen LogP contribution is 2.28. The summed E-state index contributed by atoms with van der Waals surface area (Å²) in [6.07, 6.45) is 2.44. The lowest BCUT2D eigenvalue weighted by Gasteiger charge is -2.38. The first-order valence-electron chi connectivity index (χ1n) is 12.1. The molecular formula is C26H29ClFN5O2. The van der Waals surface area contributed by atoms with E-state index < -0.39 is 5.82 Å². The molecule has 0 radical (unpaired) electrons. The van der Waals surface area contributed by atoms with Crippen molar-refractivity contribution < 1.29 is 9.18 Å². The van der Waals surface area contributed by atoms with E-state index in [1.807, 2.05) is 32.0 Å². The minimum atomic E-state index is -0.561. The number of anilines is 1. The molecule has 1 atom stereocenters. The number of rotatable bonds is 5. The first-order chi connectivity index (χ1) is 16.8. The van der Waals surface area contributed by atoms with Crippen molar-refractivity contribution in [1.82, 2.24) is 19.8 Å². The number of amides is 1. The van der Waals surface area contributed by atoms with Crippen LogP contribution >= 0.6 is 11.6 Å². The second kappa shape index (κ2) is 9.59. The number of nitrogens with zero attached hydrogens (tertiary/aromatic N) is 4. The van der Waals surface area contributed by atoms with Gasteiger partial charge in [0.15, 0.2) is 0 Å². The molecule has 2 aliphatic heterocycles. The molecule has 3 heterocycles. The first kappa shape index (κ1) is 23.8. The van der Waals surface area contributed by atoms with E-state index in [1.165, 1.54) is 42.2 Å². The number of hydrogen-bond donors (Lipinski definition) is 1. The Balaban J connectivity index is 1.58. The number of benzene rings is 2. The summed E-state index contributed by atoms with van der Waals surface area (Å²) in [5.41, 5.74) is 1.66. The van der Waals surface area contributed by atoms with Crippen LogP contribution in [0.15, 0.2) is 41.2 Å². The predicted octanol–water partition coefficient (Wildman–Crippen LogP) is 3.67. The fourth-order valence-electron chi connectivity index (χ4n) is 5.14. The van der Waals surface area contributed by atoms with Crippen molar-refractivity contribution in [2.75, 3.05) is 31.1 Å². The predicted molar refractivity (Wildman–Crippen MR) is 136 cm³/mol. The van der Waals surface area contributed by atoms with Gasteiger partial charge in [-0.2, -0.15) is 0 Å². The van der Waals surface area contributed by atoms with Crippen molar-refractivity contribution in [3.63, 3.8) is 0 Å². The molecule has 0 bridgehead atoms. The maximum atomic E-state index is 13.8. The van der Waals surface area contributed by atoms with Crippen molar-refractivity contribution in [2.45, 2.75) is 45.3 Å². The third kappa shape index (κ3) is 4.77. The fraction of sp³-hybridized carbons (Fsp3) is 0.423. The van der Waals surface area contributed by atoms with Gasteiger partial charge in [0, 0.05) is 43.0 Å². The molecule has 2 saturated heterocycles. The van der Waals surface area contributed by atoms with Crippen LogP contribution in [0.5, 0.6) is 0 Å². The summed E-state index contributed by atoms with van der Waals surface area (Å²) in [6.45, 7) is 7.55. The molecule has 2 aromatic carbocycles. The smallest absolute Gasteiger partial charge is 0.262 e. The molecule has 1 aromatic heterocycles. The molecule has 2 fully saturated rings. The van der Waals surface area contributed by atoms with E-state index in [9.17, 15) is 14.0 Å². The Kier molecular flexibility index (Phi) is 6.51. The Labute approximate surface area is 208 Å². The molecular weight excluding hydrogens is 469 g/mol. The number of carbonyl (C=O) groups is 1. The molecule has 0 aliphatic carbocycles. The maximum Gasteiger partial charge on any atom is 0.262 e. The van der Waals surface area contributed by atoms with Gasteiger partial charge in [0.05, 0.1) is 15.9 Å². The average molecular weight is 498 g/mol. The molecule has 1 N–H and O–H groups in total. The molecule has 5 rings (SSSR count). The summed E-state index contributed by atoms with van der Waals surface area (Å²) < 4.78 is 15.2. The largest absolute Gasteiger partial charge is 0.369 e. The van der Waals surface area contributed by atoms with Gasteiger partial charge in [-0.15, -0.1) is 0 Å². The Morgan fingerprint density at radius 2 is 2.03 bits per heavy atom. The Hall–Kier alpha value is -2.97. The van der Waals surface area contributed by atoms with Crippen LogP contribution in [0.25, 0.3) is 22.3 Å². The van der Waals surface area contributed by atoms with Gasteiger partial charge in [0.25, 0.3) is 5.56 Å². The molecule has 7 nitrogen and oxygen atoms in total. The second-order valence-corrected chi connectivity index (χ2v) is 10.1. The Bertz CT molecular complexity index is 1340. The van der Waals surface area contributed by atoms with Crippen LogP contribution in [0.4, 0.5) is 10.1 Å². The second-order valence-electron chi connectivity index (χ2n) is 9.66. The monoisotopic (exact) mass is 497 g/mol. The van der Waals surface area contributed by atoms with E-state index in [4.69, 9.17) is 16.6 Å². The number of aromatic nitrogens is 2. The van der Waals surface area contributed by atoms with Crippen molar-refractivity contribution in [3.8, 4) is 11.4 Å². The zero-order valence-corrected chi connectivity index (χ0v) is 20.7. The van der Waals surface area contributed by atoms with Gasteiger partial charge in [-0.25, -0.2) is 9.37 Å². The van der Waals surface area contributed by atoms with Crippen LogP contribution in [0.2, 0.25) is 5.02 Å². The standard InChI is InChI=1S/C26H29ClFN5O2/c1-16(2)29-24(34)15-33-25(17-5-7-22(28)21(27)12-17)30-23-8-6-18(13-20(23)26(33)35)32-11-10-31-9-3-4-19(31)14-32/h5-8,12-13,16,19H,3-4,9-11,14-15H2,1-2H3,(H,29,34). The number of piperazine rings is 1. The molecule has 0 spiro atoms. The fourth-order valence-corrected chi connectivity index (χ4v) is 5.33. The topological polar surface area (TPSA) is 70.5 Å². The Morgan fingerprint density at radius 3 is 2.80 bits per heavy atom. The third-order valence-electron chi connectivity index (χ3n) is 6.82. The maximum absolute atomic E-state index is 13.8. The van der Waals surface area contributed by atoms with Crippen LogP contribution in [0.3, 0.4) is 0 Å². The minimum Gasteiger partial charge on any atom is -0.369 e. The molecule has 2 aliphatic rings. The number of nitrogens with one attached hydrogen (secondary N) is 1.